The Hall–Kier alpha value is -2.29. The summed E-state index contributed by atoms with van der Waals surface area (Å²) in [5.74, 6) is 0.732. The summed E-state index contributed by atoms with van der Waals surface area (Å²) in [6.07, 6.45) is 0. The highest BCUT2D eigenvalue weighted by atomic mass is 16.5. The van der Waals surface area contributed by atoms with Crippen LogP contribution in [0.15, 0.2) is 42.5 Å². The third kappa shape index (κ3) is 3.63. The van der Waals surface area contributed by atoms with E-state index < -0.39 is 0 Å². The highest BCUT2D eigenvalue weighted by Crippen LogP contribution is 2.24. The van der Waals surface area contributed by atoms with Gasteiger partial charge in [-0.15, -0.1) is 0 Å². The monoisotopic (exact) mass is 283 g/mol. The molecule has 0 saturated carbocycles. The lowest BCUT2D eigenvalue weighted by molar-refractivity contribution is -0.120. The molecule has 0 heterocycles. The summed E-state index contributed by atoms with van der Waals surface area (Å²) >= 11 is 0. The van der Waals surface area contributed by atoms with E-state index >= 15 is 0 Å². The summed E-state index contributed by atoms with van der Waals surface area (Å²) in [4.78, 5) is 13.8. The summed E-state index contributed by atoms with van der Waals surface area (Å²) in [5.41, 5.74) is 4.18. The standard InChI is InChI=1S/C18H21NO2/c1-13-10-14(2)18(15(3)11-13)21-12-17(20)19(4)16-8-6-5-7-9-16/h5-11H,12H2,1-4H3. The maximum atomic E-state index is 12.2. The summed E-state index contributed by atoms with van der Waals surface area (Å²) < 4.78 is 5.74. The molecule has 1 amide bonds. The molecular weight excluding hydrogens is 262 g/mol. The van der Waals surface area contributed by atoms with E-state index in [9.17, 15) is 4.79 Å². The molecule has 0 aliphatic rings. The predicted molar refractivity (Wildman–Crippen MR) is 86.0 cm³/mol. The Morgan fingerprint density at radius 1 is 1.05 bits per heavy atom. The molecule has 0 N–H and O–H groups in total. The molecule has 0 radical (unpaired) electrons. The van der Waals surface area contributed by atoms with Crippen LogP contribution in [-0.2, 0) is 4.79 Å². The highest BCUT2D eigenvalue weighted by molar-refractivity contribution is 5.93. The summed E-state index contributed by atoms with van der Waals surface area (Å²) in [7, 11) is 1.76. The smallest absolute Gasteiger partial charge is 0.264 e. The van der Waals surface area contributed by atoms with E-state index in [0.717, 1.165) is 22.6 Å². The van der Waals surface area contributed by atoms with E-state index in [0.29, 0.717) is 0 Å². The first-order chi connectivity index (χ1) is 9.99. The lowest BCUT2D eigenvalue weighted by atomic mass is 10.1. The molecule has 21 heavy (non-hydrogen) atoms. The summed E-state index contributed by atoms with van der Waals surface area (Å²) in [6.45, 7) is 6.09. The van der Waals surface area contributed by atoms with Crippen molar-refractivity contribution in [3.63, 3.8) is 0 Å². The maximum Gasteiger partial charge on any atom is 0.264 e. The van der Waals surface area contributed by atoms with Crippen LogP contribution in [0.1, 0.15) is 16.7 Å². The van der Waals surface area contributed by atoms with Gasteiger partial charge >= 0.3 is 0 Å². The molecule has 0 unspecified atom stereocenters. The first kappa shape index (κ1) is 15.1. The largest absolute Gasteiger partial charge is 0.483 e. The van der Waals surface area contributed by atoms with E-state index in [1.807, 2.05) is 44.2 Å². The van der Waals surface area contributed by atoms with Crippen molar-refractivity contribution in [2.75, 3.05) is 18.6 Å². The number of hydrogen-bond acceptors (Lipinski definition) is 2. The fourth-order valence-electron chi connectivity index (χ4n) is 2.42. The normalized spacial score (nSPS) is 10.3. The average molecular weight is 283 g/mol. The molecular formula is C18H21NO2. The minimum absolute atomic E-state index is 0.0378. The number of benzene rings is 2. The predicted octanol–water partition coefficient (Wildman–Crippen LogP) is 3.65. The molecule has 2 aromatic carbocycles. The highest BCUT2D eigenvalue weighted by Gasteiger charge is 2.13. The third-order valence-electron chi connectivity index (χ3n) is 3.46. The van der Waals surface area contributed by atoms with Crippen molar-refractivity contribution in [2.45, 2.75) is 20.8 Å². The Kier molecular flexibility index (Phi) is 4.63. The minimum Gasteiger partial charge on any atom is -0.483 e. The van der Waals surface area contributed by atoms with Crippen LogP contribution in [0.3, 0.4) is 0 Å². The van der Waals surface area contributed by atoms with Gasteiger partial charge in [0.15, 0.2) is 6.61 Å². The topological polar surface area (TPSA) is 29.5 Å². The molecule has 2 rings (SSSR count). The Morgan fingerprint density at radius 3 is 2.19 bits per heavy atom. The summed E-state index contributed by atoms with van der Waals surface area (Å²) in [6, 6.07) is 13.7. The van der Waals surface area contributed by atoms with Gasteiger partial charge in [-0.3, -0.25) is 4.79 Å². The van der Waals surface area contributed by atoms with Crippen LogP contribution in [0, 0.1) is 20.8 Å². The number of ether oxygens (including phenoxy) is 1. The molecule has 3 heteroatoms. The van der Waals surface area contributed by atoms with Crippen LogP contribution in [0.2, 0.25) is 0 Å². The minimum atomic E-state index is -0.0689. The molecule has 2 aromatic rings. The average Bonchev–Trinajstić information content (AvgIpc) is 2.46. The number of aryl methyl sites for hydroxylation is 3. The number of nitrogens with zero attached hydrogens (tertiary/aromatic N) is 1. The molecule has 0 fully saturated rings. The quantitative estimate of drug-likeness (QED) is 0.857. The van der Waals surface area contributed by atoms with Gasteiger partial charge in [-0.2, -0.15) is 0 Å². The van der Waals surface area contributed by atoms with Crippen LogP contribution in [0.25, 0.3) is 0 Å². The number of hydrogen-bond donors (Lipinski definition) is 0. The second kappa shape index (κ2) is 6.44. The van der Waals surface area contributed by atoms with Crippen molar-refractivity contribution in [1.29, 1.82) is 0 Å². The van der Waals surface area contributed by atoms with E-state index in [-0.39, 0.29) is 12.5 Å². The van der Waals surface area contributed by atoms with Gasteiger partial charge in [0.05, 0.1) is 0 Å². The number of carbonyl (C=O) groups excluding carboxylic acids is 1. The Balaban J connectivity index is 2.05. The van der Waals surface area contributed by atoms with Gasteiger partial charge < -0.3 is 9.64 Å². The summed E-state index contributed by atoms with van der Waals surface area (Å²) in [5, 5.41) is 0. The fraction of sp³-hybridized carbons (Fsp3) is 0.278. The lowest BCUT2D eigenvalue weighted by Gasteiger charge is -2.19. The van der Waals surface area contributed by atoms with Crippen LogP contribution >= 0.6 is 0 Å². The molecule has 0 atom stereocenters. The molecule has 0 aliphatic heterocycles. The Morgan fingerprint density at radius 2 is 1.62 bits per heavy atom. The Labute approximate surface area is 126 Å². The van der Waals surface area contributed by atoms with E-state index in [4.69, 9.17) is 4.74 Å². The van der Waals surface area contributed by atoms with Crippen molar-refractivity contribution in [2.24, 2.45) is 0 Å². The molecule has 0 aromatic heterocycles. The zero-order valence-electron chi connectivity index (χ0n) is 13.0. The van der Waals surface area contributed by atoms with E-state index in [1.165, 1.54) is 5.56 Å². The van der Waals surface area contributed by atoms with Crippen molar-refractivity contribution in [1.82, 2.24) is 0 Å². The molecule has 0 aliphatic carbocycles. The molecule has 0 bridgehead atoms. The van der Waals surface area contributed by atoms with Gasteiger partial charge in [0.25, 0.3) is 5.91 Å². The van der Waals surface area contributed by atoms with Gasteiger partial charge in [-0.25, -0.2) is 0 Å². The van der Waals surface area contributed by atoms with E-state index in [2.05, 4.69) is 19.1 Å². The second-order valence-corrected chi connectivity index (χ2v) is 5.30. The zero-order valence-corrected chi connectivity index (χ0v) is 13.0. The van der Waals surface area contributed by atoms with Crippen molar-refractivity contribution in [3.8, 4) is 5.75 Å². The second-order valence-electron chi connectivity index (χ2n) is 5.30. The SMILES string of the molecule is Cc1cc(C)c(OCC(=O)N(C)c2ccccc2)c(C)c1. The van der Waals surface area contributed by atoms with Gasteiger partial charge in [-0.1, -0.05) is 35.9 Å². The third-order valence-corrected chi connectivity index (χ3v) is 3.46. The van der Waals surface area contributed by atoms with Crippen LogP contribution < -0.4 is 9.64 Å². The first-order valence-corrected chi connectivity index (χ1v) is 7.01. The fourth-order valence-corrected chi connectivity index (χ4v) is 2.42. The maximum absolute atomic E-state index is 12.2. The van der Waals surface area contributed by atoms with Gasteiger partial charge in [0, 0.05) is 12.7 Å². The molecule has 0 spiro atoms. The van der Waals surface area contributed by atoms with Crippen molar-refractivity contribution in [3.05, 3.63) is 59.2 Å². The van der Waals surface area contributed by atoms with E-state index in [1.54, 1.807) is 11.9 Å². The number of carbonyl (C=O) groups is 1. The molecule has 0 saturated heterocycles. The van der Waals surface area contributed by atoms with Crippen LogP contribution in [0.5, 0.6) is 5.75 Å². The number of para-hydroxylation sites is 1. The number of amides is 1. The first-order valence-electron chi connectivity index (χ1n) is 7.01. The van der Waals surface area contributed by atoms with Crippen LogP contribution in [0.4, 0.5) is 5.69 Å². The van der Waals surface area contributed by atoms with Crippen molar-refractivity contribution >= 4 is 11.6 Å². The zero-order chi connectivity index (χ0) is 15.4. The van der Waals surface area contributed by atoms with Crippen LogP contribution in [-0.4, -0.2) is 19.6 Å². The Bertz CT molecular complexity index is 612. The van der Waals surface area contributed by atoms with Crippen molar-refractivity contribution < 1.29 is 9.53 Å². The van der Waals surface area contributed by atoms with Gasteiger partial charge in [0.1, 0.15) is 5.75 Å². The van der Waals surface area contributed by atoms with Gasteiger partial charge in [0.2, 0.25) is 0 Å². The number of rotatable bonds is 4. The lowest BCUT2D eigenvalue weighted by Crippen LogP contribution is -2.31. The number of anilines is 1. The van der Waals surface area contributed by atoms with Gasteiger partial charge in [-0.05, 0) is 44.0 Å². The number of likely N-dealkylation sites (N-methyl/N-ethyl adjacent to an activating group) is 1. The molecule has 110 valence electrons. The molecule has 3 nitrogen and oxygen atoms in total.